The number of ether oxygens (including phenoxy) is 1. The van der Waals surface area contributed by atoms with E-state index in [4.69, 9.17) is 16.3 Å². The molecule has 0 bridgehead atoms. The van der Waals surface area contributed by atoms with Crippen LogP contribution in [0.1, 0.15) is 30.5 Å². The number of hydrogen-bond donors (Lipinski definition) is 1. The molecule has 2 nitrogen and oxygen atoms in total. The fourth-order valence-electron chi connectivity index (χ4n) is 2.29. The van der Waals surface area contributed by atoms with Crippen LogP contribution in [-0.4, -0.2) is 13.7 Å². The van der Waals surface area contributed by atoms with Crippen molar-refractivity contribution in [2.75, 3.05) is 13.7 Å². The molecule has 0 fully saturated rings. The van der Waals surface area contributed by atoms with E-state index in [0.29, 0.717) is 0 Å². The first kappa shape index (κ1) is 15.8. The lowest BCUT2D eigenvalue weighted by atomic mass is 9.97. The van der Waals surface area contributed by atoms with E-state index >= 15 is 0 Å². The number of hydrogen-bond acceptors (Lipinski definition) is 2. The summed E-state index contributed by atoms with van der Waals surface area (Å²) in [6.45, 7) is 2.95. The first-order chi connectivity index (χ1) is 10.2. The smallest absolute Gasteiger partial charge is 0.141 e. The average molecular weight is 308 g/mol. The summed E-state index contributed by atoms with van der Waals surface area (Å²) in [5.74, 6) is 0.390. The lowest BCUT2D eigenvalue weighted by Crippen LogP contribution is -2.23. The van der Waals surface area contributed by atoms with E-state index < -0.39 is 5.82 Å². The highest BCUT2D eigenvalue weighted by atomic mass is 35.5. The minimum atomic E-state index is -0.408. The van der Waals surface area contributed by atoms with E-state index in [1.807, 2.05) is 24.3 Å². The number of rotatable bonds is 6. The topological polar surface area (TPSA) is 21.3 Å². The van der Waals surface area contributed by atoms with Gasteiger partial charge in [-0.2, -0.15) is 0 Å². The summed E-state index contributed by atoms with van der Waals surface area (Å²) >= 11 is 5.92. The third-order valence-corrected chi connectivity index (χ3v) is 3.62. The number of nitrogens with one attached hydrogen (secondary N) is 1. The first-order valence-corrected chi connectivity index (χ1v) is 7.36. The highest BCUT2D eigenvalue weighted by Gasteiger charge is 2.18. The van der Waals surface area contributed by atoms with Crippen molar-refractivity contribution in [2.24, 2.45) is 0 Å². The summed E-state index contributed by atoms with van der Waals surface area (Å²) in [4.78, 5) is 0. The molecule has 0 aliphatic carbocycles. The van der Waals surface area contributed by atoms with Gasteiger partial charge < -0.3 is 10.1 Å². The third-order valence-electron chi connectivity index (χ3n) is 3.33. The lowest BCUT2D eigenvalue weighted by molar-refractivity contribution is 0.404. The van der Waals surface area contributed by atoms with Crippen LogP contribution < -0.4 is 10.1 Å². The van der Waals surface area contributed by atoms with Crippen LogP contribution in [0.3, 0.4) is 0 Å². The standard InChI is InChI=1S/C17H19ClFNO/c1-3-10-20-17(12-8-9-15(19)14(18)11-12)13-6-4-5-7-16(13)21-2/h4-9,11,17,20H,3,10H2,1-2H3. The minimum Gasteiger partial charge on any atom is -0.496 e. The fraction of sp³-hybridized carbons (Fsp3) is 0.294. The second-order valence-corrected chi connectivity index (χ2v) is 5.21. The predicted octanol–water partition coefficient (Wildman–Crippen LogP) is 4.58. The quantitative estimate of drug-likeness (QED) is 0.843. The molecule has 0 aliphatic rings. The van der Waals surface area contributed by atoms with Crippen LogP contribution in [0.4, 0.5) is 4.39 Å². The molecule has 21 heavy (non-hydrogen) atoms. The highest BCUT2D eigenvalue weighted by molar-refractivity contribution is 6.30. The summed E-state index contributed by atoms with van der Waals surface area (Å²) < 4.78 is 18.8. The van der Waals surface area contributed by atoms with Gasteiger partial charge in [-0.1, -0.05) is 42.8 Å². The minimum absolute atomic E-state index is 0.0841. The van der Waals surface area contributed by atoms with E-state index in [1.54, 1.807) is 19.2 Å². The molecule has 0 radical (unpaired) electrons. The number of benzene rings is 2. The summed E-state index contributed by atoms with van der Waals surface area (Å²) in [7, 11) is 1.65. The Bertz CT molecular complexity index is 603. The zero-order valence-electron chi connectivity index (χ0n) is 12.2. The van der Waals surface area contributed by atoms with E-state index in [0.717, 1.165) is 29.8 Å². The largest absolute Gasteiger partial charge is 0.496 e. The van der Waals surface area contributed by atoms with E-state index in [1.165, 1.54) is 6.07 Å². The highest BCUT2D eigenvalue weighted by Crippen LogP contribution is 2.31. The van der Waals surface area contributed by atoms with Crippen LogP contribution in [0.5, 0.6) is 5.75 Å². The molecule has 0 spiro atoms. The third kappa shape index (κ3) is 3.74. The Hall–Kier alpha value is -1.58. The van der Waals surface area contributed by atoms with Gasteiger partial charge in [0.2, 0.25) is 0 Å². The van der Waals surface area contributed by atoms with Crippen molar-refractivity contribution in [3.05, 3.63) is 64.4 Å². The molecule has 4 heteroatoms. The molecule has 0 saturated heterocycles. The monoisotopic (exact) mass is 307 g/mol. The van der Waals surface area contributed by atoms with Crippen molar-refractivity contribution in [1.29, 1.82) is 0 Å². The lowest BCUT2D eigenvalue weighted by Gasteiger charge is -2.22. The zero-order chi connectivity index (χ0) is 15.2. The molecule has 1 N–H and O–H groups in total. The van der Waals surface area contributed by atoms with Crippen LogP contribution >= 0.6 is 11.6 Å². The van der Waals surface area contributed by atoms with Gasteiger partial charge in [-0.15, -0.1) is 0 Å². The molecular weight excluding hydrogens is 289 g/mol. The van der Waals surface area contributed by atoms with Crippen molar-refractivity contribution in [3.63, 3.8) is 0 Å². The summed E-state index contributed by atoms with van der Waals surface area (Å²) in [5, 5.41) is 3.59. The van der Waals surface area contributed by atoms with Crippen LogP contribution in [0.2, 0.25) is 5.02 Å². The maximum absolute atomic E-state index is 13.4. The zero-order valence-corrected chi connectivity index (χ0v) is 13.0. The second-order valence-electron chi connectivity index (χ2n) is 4.80. The number of para-hydroxylation sites is 1. The Morgan fingerprint density at radius 1 is 1.24 bits per heavy atom. The van der Waals surface area contributed by atoms with E-state index in [9.17, 15) is 4.39 Å². The molecule has 0 heterocycles. The van der Waals surface area contributed by atoms with Gasteiger partial charge in [-0.3, -0.25) is 0 Å². The van der Waals surface area contributed by atoms with Gasteiger partial charge in [0.15, 0.2) is 0 Å². The maximum Gasteiger partial charge on any atom is 0.141 e. The molecule has 0 aliphatic heterocycles. The maximum atomic E-state index is 13.4. The normalized spacial score (nSPS) is 12.2. The van der Waals surface area contributed by atoms with Gasteiger partial charge >= 0.3 is 0 Å². The van der Waals surface area contributed by atoms with Crippen LogP contribution in [0, 0.1) is 5.82 Å². The van der Waals surface area contributed by atoms with Gasteiger partial charge in [0.25, 0.3) is 0 Å². The van der Waals surface area contributed by atoms with Gasteiger partial charge in [0.1, 0.15) is 11.6 Å². The molecule has 2 aromatic rings. The molecule has 1 unspecified atom stereocenters. The molecule has 112 valence electrons. The predicted molar refractivity (Wildman–Crippen MR) is 84.5 cm³/mol. The second kappa shape index (κ2) is 7.43. The van der Waals surface area contributed by atoms with Gasteiger partial charge in [-0.25, -0.2) is 4.39 Å². The van der Waals surface area contributed by atoms with Gasteiger partial charge in [0, 0.05) is 5.56 Å². The summed E-state index contributed by atoms with van der Waals surface area (Å²) in [6.07, 6.45) is 1.00. The summed E-state index contributed by atoms with van der Waals surface area (Å²) in [5.41, 5.74) is 1.93. The van der Waals surface area contributed by atoms with Crippen molar-refractivity contribution in [2.45, 2.75) is 19.4 Å². The SMILES string of the molecule is CCCNC(c1ccc(F)c(Cl)c1)c1ccccc1OC. The molecule has 2 aromatic carbocycles. The van der Waals surface area contributed by atoms with Crippen LogP contribution in [0.15, 0.2) is 42.5 Å². The first-order valence-electron chi connectivity index (χ1n) is 6.98. The van der Waals surface area contributed by atoms with Crippen molar-refractivity contribution < 1.29 is 9.13 Å². The summed E-state index contributed by atoms with van der Waals surface area (Å²) in [6, 6.07) is 12.5. The molecular formula is C17H19ClFNO. The van der Waals surface area contributed by atoms with Crippen molar-refractivity contribution in [3.8, 4) is 5.75 Å². The Morgan fingerprint density at radius 3 is 2.67 bits per heavy atom. The van der Waals surface area contributed by atoms with E-state index in [2.05, 4.69) is 12.2 Å². The fourth-order valence-corrected chi connectivity index (χ4v) is 2.48. The molecule has 0 saturated carbocycles. The van der Waals surface area contributed by atoms with Crippen LogP contribution in [0.25, 0.3) is 0 Å². The Balaban J connectivity index is 2.44. The van der Waals surface area contributed by atoms with Crippen LogP contribution in [-0.2, 0) is 0 Å². The Kier molecular flexibility index (Phi) is 5.59. The van der Waals surface area contributed by atoms with Gasteiger partial charge in [-0.05, 0) is 36.7 Å². The number of methoxy groups -OCH3 is 1. The van der Waals surface area contributed by atoms with Gasteiger partial charge in [0.05, 0.1) is 18.2 Å². The Labute approximate surface area is 129 Å². The van der Waals surface area contributed by atoms with E-state index in [-0.39, 0.29) is 11.1 Å². The number of halogens is 2. The molecule has 2 rings (SSSR count). The Morgan fingerprint density at radius 2 is 2.00 bits per heavy atom. The van der Waals surface area contributed by atoms with Crippen molar-refractivity contribution >= 4 is 11.6 Å². The molecule has 1 atom stereocenters. The average Bonchev–Trinajstić information content (AvgIpc) is 2.51. The molecule has 0 aromatic heterocycles. The molecule has 0 amide bonds. The van der Waals surface area contributed by atoms with Crippen molar-refractivity contribution in [1.82, 2.24) is 5.32 Å².